The molecule has 198 valence electrons. The number of hydrogen-bond donors (Lipinski definition) is 2. The molecule has 1 fully saturated rings. The van der Waals surface area contributed by atoms with E-state index in [4.69, 9.17) is 9.47 Å². The Morgan fingerprint density at radius 2 is 1.86 bits per heavy atom. The Hall–Kier alpha value is -1.61. The van der Waals surface area contributed by atoms with Gasteiger partial charge in [-0.15, -0.1) is 11.3 Å². The standard InChI is InChI=1S/C27H43NO6S/c1-16-10-9-11-26(5,6)33-14-21(17(2)12-20-15-35-19(4)28-20)34-23(30)13-22(29)27(7,8)25(32)18(3)24(16)31/h12,15-16,18,21-22,24,29,31H,9-11,13-14H2,1-8H3/b17-12+. The summed E-state index contributed by atoms with van der Waals surface area (Å²) in [5.74, 6) is -1.63. The Bertz CT molecular complexity index is 905. The van der Waals surface area contributed by atoms with Crippen LogP contribution in [0, 0.1) is 24.2 Å². The van der Waals surface area contributed by atoms with Crippen LogP contribution in [-0.4, -0.2) is 57.5 Å². The van der Waals surface area contributed by atoms with Crippen molar-refractivity contribution in [1.29, 1.82) is 0 Å². The van der Waals surface area contributed by atoms with Crippen molar-refractivity contribution in [2.24, 2.45) is 17.3 Å². The molecule has 2 rings (SSSR count). The van der Waals surface area contributed by atoms with Gasteiger partial charge < -0.3 is 19.7 Å². The molecule has 7 nitrogen and oxygen atoms in total. The third kappa shape index (κ3) is 8.20. The quantitative estimate of drug-likeness (QED) is 0.555. The Kier molecular flexibility index (Phi) is 10.2. The number of carbonyl (C=O) groups excluding carboxylic acids is 2. The molecule has 1 aliphatic heterocycles. The predicted molar refractivity (Wildman–Crippen MR) is 138 cm³/mol. The number of hydrogen-bond acceptors (Lipinski definition) is 8. The molecule has 5 atom stereocenters. The normalized spacial score (nSPS) is 31.7. The summed E-state index contributed by atoms with van der Waals surface area (Å²) in [4.78, 5) is 30.5. The summed E-state index contributed by atoms with van der Waals surface area (Å²) in [5, 5.41) is 24.5. The van der Waals surface area contributed by atoms with Crippen LogP contribution in [0.25, 0.3) is 6.08 Å². The van der Waals surface area contributed by atoms with Crippen molar-refractivity contribution in [3.05, 3.63) is 21.7 Å². The van der Waals surface area contributed by atoms with Crippen LogP contribution in [0.1, 0.15) is 84.9 Å². The van der Waals surface area contributed by atoms with Crippen LogP contribution in [0.3, 0.4) is 0 Å². The number of ether oxygens (including phenoxy) is 2. The molecule has 0 spiro atoms. The number of aryl methyl sites for hydroxylation is 1. The van der Waals surface area contributed by atoms with E-state index in [1.165, 1.54) is 0 Å². The predicted octanol–water partition coefficient (Wildman–Crippen LogP) is 4.73. The van der Waals surface area contributed by atoms with E-state index in [2.05, 4.69) is 4.98 Å². The van der Waals surface area contributed by atoms with Gasteiger partial charge in [0.15, 0.2) is 0 Å². The van der Waals surface area contributed by atoms with Gasteiger partial charge in [0.1, 0.15) is 11.9 Å². The zero-order valence-corrected chi connectivity index (χ0v) is 23.3. The van der Waals surface area contributed by atoms with Crippen LogP contribution in [0.5, 0.6) is 0 Å². The minimum absolute atomic E-state index is 0.0879. The zero-order valence-electron chi connectivity index (χ0n) is 22.5. The molecule has 5 unspecified atom stereocenters. The van der Waals surface area contributed by atoms with Gasteiger partial charge in [-0.25, -0.2) is 4.98 Å². The lowest BCUT2D eigenvalue weighted by Crippen LogP contribution is -2.46. The van der Waals surface area contributed by atoms with Gasteiger partial charge in [0, 0.05) is 11.3 Å². The van der Waals surface area contributed by atoms with Crippen molar-refractivity contribution in [2.75, 3.05) is 6.61 Å². The molecule has 0 amide bonds. The third-order valence-corrected chi connectivity index (χ3v) is 7.99. The number of cyclic esters (lactones) is 1. The monoisotopic (exact) mass is 509 g/mol. The molecule has 1 aliphatic rings. The average molecular weight is 510 g/mol. The minimum atomic E-state index is -1.25. The first kappa shape index (κ1) is 29.6. The molecule has 1 saturated heterocycles. The number of ketones is 1. The van der Waals surface area contributed by atoms with Crippen molar-refractivity contribution in [3.8, 4) is 0 Å². The molecule has 1 aromatic heterocycles. The average Bonchev–Trinajstić information content (AvgIpc) is 3.18. The first-order valence-corrected chi connectivity index (χ1v) is 13.4. The summed E-state index contributed by atoms with van der Waals surface area (Å²) < 4.78 is 12.0. The maximum absolute atomic E-state index is 13.2. The van der Waals surface area contributed by atoms with Crippen LogP contribution in [0.4, 0.5) is 0 Å². The SMILES string of the molecule is C/C(=C\c1csc(C)n1)C1COC(C)(C)CCCC(C)C(O)C(C)C(=O)C(C)(C)C(O)CC(=O)O1. The molecular formula is C27H43NO6S. The molecular weight excluding hydrogens is 466 g/mol. The second kappa shape index (κ2) is 12.1. The number of aromatic nitrogens is 1. The van der Waals surface area contributed by atoms with Crippen LogP contribution >= 0.6 is 11.3 Å². The lowest BCUT2D eigenvalue weighted by atomic mass is 9.73. The Balaban J connectivity index is 2.33. The first-order chi connectivity index (χ1) is 16.1. The number of rotatable bonds is 2. The highest BCUT2D eigenvalue weighted by molar-refractivity contribution is 7.09. The van der Waals surface area contributed by atoms with E-state index in [0.717, 1.165) is 35.5 Å². The van der Waals surface area contributed by atoms with Gasteiger partial charge in [0.05, 0.1) is 47.0 Å². The molecule has 0 saturated carbocycles. The maximum Gasteiger partial charge on any atom is 0.309 e. The lowest BCUT2D eigenvalue weighted by Gasteiger charge is -2.35. The summed E-state index contributed by atoms with van der Waals surface area (Å²) >= 11 is 1.54. The van der Waals surface area contributed by atoms with Crippen LogP contribution in [0.2, 0.25) is 0 Å². The number of aliphatic hydroxyl groups excluding tert-OH is 2. The summed E-state index contributed by atoms with van der Waals surface area (Å²) in [7, 11) is 0. The fourth-order valence-electron chi connectivity index (χ4n) is 4.44. The molecule has 0 aliphatic carbocycles. The number of nitrogens with zero attached hydrogens (tertiary/aromatic N) is 1. The van der Waals surface area contributed by atoms with Gasteiger partial charge in [0.25, 0.3) is 0 Å². The Morgan fingerprint density at radius 3 is 2.46 bits per heavy atom. The number of aliphatic hydroxyl groups is 2. The van der Waals surface area contributed by atoms with E-state index in [0.29, 0.717) is 0 Å². The fourth-order valence-corrected chi connectivity index (χ4v) is 5.01. The van der Waals surface area contributed by atoms with Gasteiger partial charge in [-0.2, -0.15) is 0 Å². The van der Waals surface area contributed by atoms with Gasteiger partial charge in [0.2, 0.25) is 0 Å². The summed E-state index contributed by atoms with van der Waals surface area (Å²) in [5.41, 5.74) is -0.100. The van der Waals surface area contributed by atoms with Gasteiger partial charge in [-0.05, 0) is 58.1 Å². The number of thiazole rings is 1. The van der Waals surface area contributed by atoms with Crippen molar-refractivity contribution in [1.82, 2.24) is 4.98 Å². The van der Waals surface area contributed by atoms with Crippen LogP contribution < -0.4 is 0 Å². The van der Waals surface area contributed by atoms with E-state index < -0.39 is 41.2 Å². The molecule has 0 radical (unpaired) electrons. The van der Waals surface area contributed by atoms with E-state index >= 15 is 0 Å². The molecule has 2 heterocycles. The van der Waals surface area contributed by atoms with Crippen molar-refractivity contribution in [3.63, 3.8) is 0 Å². The largest absolute Gasteiger partial charge is 0.455 e. The van der Waals surface area contributed by atoms with E-state index in [1.807, 2.05) is 46.1 Å². The Labute approximate surface area is 213 Å². The second-order valence-electron chi connectivity index (χ2n) is 11.2. The second-order valence-corrected chi connectivity index (χ2v) is 12.2. The van der Waals surface area contributed by atoms with E-state index in [9.17, 15) is 19.8 Å². The summed E-state index contributed by atoms with van der Waals surface area (Å²) in [6, 6.07) is 0. The van der Waals surface area contributed by atoms with Crippen molar-refractivity contribution in [2.45, 2.75) is 105 Å². The highest BCUT2D eigenvalue weighted by atomic mass is 32.1. The smallest absolute Gasteiger partial charge is 0.309 e. The summed E-state index contributed by atoms with van der Waals surface area (Å²) in [6.07, 6.45) is 1.14. The maximum atomic E-state index is 13.2. The molecule has 1 aromatic rings. The molecule has 2 N–H and O–H groups in total. The minimum Gasteiger partial charge on any atom is -0.455 e. The lowest BCUT2D eigenvalue weighted by molar-refractivity contribution is -0.159. The topological polar surface area (TPSA) is 106 Å². The van der Waals surface area contributed by atoms with Gasteiger partial charge in [-0.3, -0.25) is 9.59 Å². The molecule has 8 heteroatoms. The highest BCUT2D eigenvalue weighted by Crippen LogP contribution is 2.33. The fraction of sp³-hybridized carbons (Fsp3) is 0.741. The number of esters is 1. The van der Waals surface area contributed by atoms with E-state index in [-0.39, 0.29) is 24.7 Å². The van der Waals surface area contributed by atoms with Gasteiger partial charge in [-0.1, -0.05) is 34.1 Å². The first-order valence-electron chi connectivity index (χ1n) is 12.5. The third-order valence-electron chi connectivity index (χ3n) is 7.19. The van der Waals surface area contributed by atoms with Crippen molar-refractivity contribution < 1.29 is 29.3 Å². The molecule has 35 heavy (non-hydrogen) atoms. The highest BCUT2D eigenvalue weighted by Gasteiger charge is 2.42. The zero-order chi connectivity index (χ0) is 26.6. The number of carbonyl (C=O) groups is 2. The number of Topliss-reactive ketones (excluding diaryl/α,β-unsaturated/α-hetero) is 1. The van der Waals surface area contributed by atoms with Crippen LogP contribution in [0.15, 0.2) is 11.0 Å². The van der Waals surface area contributed by atoms with Crippen LogP contribution in [-0.2, 0) is 19.1 Å². The Morgan fingerprint density at radius 1 is 1.20 bits per heavy atom. The molecule has 0 aromatic carbocycles. The van der Waals surface area contributed by atoms with E-state index in [1.54, 1.807) is 32.1 Å². The summed E-state index contributed by atoms with van der Waals surface area (Å²) in [6.45, 7) is 14.8. The molecule has 0 bridgehead atoms. The van der Waals surface area contributed by atoms with Crippen molar-refractivity contribution >= 4 is 29.2 Å². The van der Waals surface area contributed by atoms with Gasteiger partial charge >= 0.3 is 5.97 Å².